The first-order valence-corrected chi connectivity index (χ1v) is 5.76. The minimum atomic E-state index is 0.175. The van der Waals surface area contributed by atoms with Gasteiger partial charge in [0.1, 0.15) is 11.8 Å². The van der Waals surface area contributed by atoms with Crippen LogP contribution in [-0.4, -0.2) is 11.5 Å². The van der Waals surface area contributed by atoms with Crippen LogP contribution in [0.1, 0.15) is 11.6 Å². The van der Waals surface area contributed by atoms with Crippen LogP contribution < -0.4 is 10.1 Å². The minimum absolute atomic E-state index is 0.175. The third kappa shape index (κ3) is 3.36. The molecule has 0 spiro atoms. The Morgan fingerprint density at radius 2 is 2.21 bits per heavy atom. The summed E-state index contributed by atoms with van der Waals surface area (Å²) in [5, 5.41) is 11.8. The highest BCUT2D eigenvalue weighted by molar-refractivity contribution is 5.45. The van der Waals surface area contributed by atoms with Crippen molar-refractivity contribution in [2.75, 3.05) is 11.9 Å². The molecule has 2 rings (SSSR count). The second-order valence-corrected chi connectivity index (χ2v) is 3.67. The number of hydrogen-bond donors (Lipinski definition) is 1. The number of benzene rings is 1. The van der Waals surface area contributed by atoms with Crippen molar-refractivity contribution >= 4 is 5.88 Å². The van der Waals surface area contributed by atoms with E-state index in [1.807, 2.05) is 36.4 Å². The number of nitrogens with zero attached hydrogens (tertiary/aromatic N) is 2. The first kappa shape index (κ1) is 12.7. The molecule has 0 aliphatic heterocycles. The molecule has 0 radical (unpaired) electrons. The van der Waals surface area contributed by atoms with Crippen LogP contribution in [0, 0.1) is 11.3 Å². The molecular weight excluding hydrogens is 242 g/mol. The Morgan fingerprint density at radius 3 is 2.89 bits per heavy atom. The molecule has 1 heterocycles. The Morgan fingerprint density at radius 1 is 1.42 bits per heavy atom. The summed E-state index contributed by atoms with van der Waals surface area (Å²) in [6.45, 7) is 4.26. The lowest BCUT2D eigenvalue weighted by Gasteiger charge is -2.02. The quantitative estimate of drug-likeness (QED) is 0.803. The molecule has 0 fully saturated rings. The highest BCUT2D eigenvalue weighted by Gasteiger charge is 2.12. The van der Waals surface area contributed by atoms with E-state index in [2.05, 4.69) is 16.9 Å². The lowest BCUT2D eigenvalue weighted by atomic mass is 10.3. The summed E-state index contributed by atoms with van der Waals surface area (Å²) in [5.74, 6) is 1.42. The smallest absolute Gasteiger partial charge is 0.236 e. The van der Waals surface area contributed by atoms with Crippen LogP contribution in [-0.2, 0) is 6.61 Å². The maximum atomic E-state index is 8.94. The van der Waals surface area contributed by atoms with Crippen molar-refractivity contribution in [2.24, 2.45) is 0 Å². The van der Waals surface area contributed by atoms with Crippen LogP contribution in [0.3, 0.4) is 0 Å². The summed E-state index contributed by atoms with van der Waals surface area (Å²) >= 11 is 0. The fourth-order valence-corrected chi connectivity index (χ4v) is 1.45. The summed E-state index contributed by atoms with van der Waals surface area (Å²) in [4.78, 5) is 4.05. The molecule has 0 aliphatic rings. The number of aromatic nitrogens is 1. The number of rotatable bonds is 6. The molecular formula is C14H13N3O2. The van der Waals surface area contributed by atoms with Crippen molar-refractivity contribution in [2.45, 2.75) is 6.61 Å². The summed E-state index contributed by atoms with van der Waals surface area (Å²) in [7, 11) is 0. The normalized spacial score (nSPS) is 9.63. The first-order chi connectivity index (χ1) is 9.33. The standard InChI is InChI=1S/C14H13N3O2/c1-2-8-16-14-12(9-15)17-13(19-14)10-18-11-6-4-3-5-7-11/h2-7,16H,1,8,10H2. The van der Waals surface area contributed by atoms with Gasteiger partial charge in [-0.2, -0.15) is 10.2 Å². The van der Waals surface area contributed by atoms with E-state index in [0.29, 0.717) is 18.3 Å². The molecule has 2 aromatic rings. The molecule has 5 heteroatoms. The fraction of sp³-hybridized carbons (Fsp3) is 0.143. The molecule has 96 valence electrons. The maximum Gasteiger partial charge on any atom is 0.236 e. The van der Waals surface area contributed by atoms with E-state index in [-0.39, 0.29) is 12.3 Å². The number of nitrogens with one attached hydrogen (secondary N) is 1. The van der Waals surface area contributed by atoms with Crippen LogP contribution in [0.2, 0.25) is 0 Å². The number of hydrogen-bond acceptors (Lipinski definition) is 5. The molecule has 19 heavy (non-hydrogen) atoms. The largest absolute Gasteiger partial charge is 0.484 e. The molecule has 5 nitrogen and oxygen atoms in total. The van der Waals surface area contributed by atoms with E-state index in [4.69, 9.17) is 14.4 Å². The second-order valence-electron chi connectivity index (χ2n) is 3.67. The topological polar surface area (TPSA) is 71.1 Å². The van der Waals surface area contributed by atoms with Crippen molar-refractivity contribution in [3.63, 3.8) is 0 Å². The van der Waals surface area contributed by atoms with Crippen molar-refractivity contribution in [3.8, 4) is 11.8 Å². The van der Waals surface area contributed by atoms with E-state index >= 15 is 0 Å². The summed E-state index contributed by atoms with van der Waals surface area (Å²) in [6, 6.07) is 11.3. The minimum Gasteiger partial charge on any atom is -0.484 e. The zero-order valence-electron chi connectivity index (χ0n) is 10.3. The van der Waals surface area contributed by atoms with Crippen molar-refractivity contribution in [3.05, 3.63) is 54.6 Å². The number of ether oxygens (including phenoxy) is 1. The van der Waals surface area contributed by atoms with E-state index in [1.165, 1.54) is 0 Å². The van der Waals surface area contributed by atoms with Gasteiger partial charge < -0.3 is 14.5 Å². The van der Waals surface area contributed by atoms with E-state index in [9.17, 15) is 0 Å². The highest BCUT2D eigenvalue weighted by atomic mass is 16.5. The predicted molar refractivity (Wildman–Crippen MR) is 70.7 cm³/mol. The van der Waals surface area contributed by atoms with E-state index in [0.717, 1.165) is 5.75 Å². The summed E-state index contributed by atoms with van der Waals surface area (Å²) in [5.41, 5.74) is 0.216. The van der Waals surface area contributed by atoms with Gasteiger partial charge in [-0.3, -0.25) is 0 Å². The average Bonchev–Trinajstić information content (AvgIpc) is 2.86. The fourth-order valence-electron chi connectivity index (χ4n) is 1.45. The van der Waals surface area contributed by atoms with E-state index < -0.39 is 0 Å². The SMILES string of the molecule is C=CCNc1oc(COc2ccccc2)nc1C#N. The summed E-state index contributed by atoms with van der Waals surface area (Å²) < 4.78 is 10.9. The zero-order valence-corrected chi connectivity index (χ0v) is 10.3. The van der Waals surface area contributed by atoms with Gasteiger partial charge in [0.25, 0.3) is 0 Å². The van der Waals surface area contributed by atoms with Gasteiger partial charge >= 0.3 is 0 Å². The van der Waals surface area contributed by atoms with E-state index in [1.54, 1.807) is 6.08 Å². The van der Waals surface area contributed by atoms with Crippen LogP contribution >= 0.6 is 0 Å². The molecule has 0 amide bonds. The molecule has 0 aliphatic carbocycles. The van der Waals surface area contributed by atoms with Gasteiger partial charge in [0.15, 0.2) is 6.61 Å². The van der Waals surface area contributed by atoms with Gasteiger partial charge in [0.2, 0.25) is 17.5 Å². The Kier molecular flexibility index (Phi) is 4.19. The van der Waals surface area contributed by atoms with Crippen molar-refractivity contribution in [1.82, 2.24) is 4.98 Å². The molecule has 0 saturated heterocycles. The van der Waals surface area contributed by atoms with Crippen LogP contribution in [0.25, 0.3) is 0 Å². The van der Waals surface area contributed by atoms with Gasteiger partial charge in [0.05, 0.1) is 0 Å². The zero-order chi connectivity index (χ0) is 13.5. The van der Waals surface area contributed by atoms with Crippen molar-refractivity contribution in [1.29, 1.82) is 5.26 Å². The lowest BCUT2D eigenvalue weighted by Crippen LogP contribution is -1.97. The Hall–Kier alpha value is -2.74. The summed E-state index contributed by atoms with van der Waals surface area (Å²) in [6.07, 6.45) is 1.67. The maximum absolute atomic E-state index is 8.94. The number of nitriles is 1. The third-order valence-corrected chi connectivity index (χ3v) is 2.29. The molecule has 1 aromatic heterocycles. The Bertz CT molecular complexity index is 584. The first-order valence-electron chi connectivity index (χ1n) is 5.76. The van der Waals surface area contributed by atoms with Gasteiger partial charge in [-0.1, -0.05) is 24.3 Å². The third-order valence-electron chi connectivity index (χ3n) is 2.29. The van der Waals surface area contributed by atoms with Gasteiger partial charge in [0, 0.05) is 6.54 Å². The predicted octanol–water partition coefficient (Wildman–Crippen LogP) is 2.72. The second kappa shape index (κ2) is 6.26. The molecule has 0 bridgehead atoms. The Balaban J connectivity index is 2.03. The number of para-hydroxylation sites is 1. The van der Waals surface area contributed by atoms with Gasteiger partial charge in [-0.25, -0.2) is 0 Å². The molecule has 1 N–H and O–H groups in total. The van der Waals surface area contributed by atoms with Crippen molar-refractivity contribution < 1.29 is 9.15 Å². The molecule has 0 atom stereocenters. The molecule has 1 aromatic carbocycles. The van der Waals surface area contributed by atoms with Crippen LogP contribution in [0.15, 0.2) is 47.4 Å². The highest BCUT2D eigenvalue weighted by Crippen LogP contribution is 2.18. The monoisotopic (exact) mass is 255 g/mol. The number of oxazole rings is 1. The lowest BCUT2D eigenvalue weighted by molar-refractivity contribution is 0.265. The van der Waals surface area contributed by atoms with Gasteiger partial charge in [-0.15, -0.1) is 6.58 Å². The average molecular weight is 255 g/mol. The number of anilines is 1. The molecule has 0 saturated carbocycles. The van der Waals surface area contributed by atoms with Crippen LogP contribution in [0.4, 0.5) is 5.88 Å². The Labute approximate surface area is 111 Å². The van der Waals surface area contributed by atoms with Gasteiger partial charge in [-0.05, 0) is 12.1 Å². The molecule has 0 unspecified atom stereocenters. The van der Waals surface area contributed by atoms with Crippen LogP contribution in [0.5, 0.6) is 5.75 Å².